The molecule has 2 aromatic rings. The van der Waals surface area contributed by atoms with E-state index in [4.69, 9.17) is 4.74 Å². The molecule has 0 amide bonds. The number of nitrogens with zero attached hydrogens (tertiary/aromatic N) is 1. The Balaban J connectivity index is 2.74. The van der Waals surface area contributed by atoms with E-state index < -0.39 is 0 Å². The fourth-order valence-electron chi connectivity index (χ4n) is 1.24. The molecule has 2 rings (SSSR count). The number of aromatic nitrogens is 1. The van der Waals surface area contributed by atoms with Crippen molar-refractivity contribution in [3.63, 3.8) is 0 Å². The number of pyridine rings is 1. The van der Waals surface area contributed by atoms with Crippen molar-refractivity contribution in [1.29, 1.82) is 0 Å². The van der Waals surface area contributed by atoms with E-state index in [1.165, 1.54) is 0 Å². The van der Waals surface area contributed by atoms with Crippen LogP contribution in [0, 0.1) is 3.57 Å². The molecule has 4 heteroatoms. The van der Waals surface area contributed by atoms with Gasteiger partial charge >= 0.3 is 0 Å². The van der Waals surface area contributed by atoms with Gasteiger partial charge < -0.3 is 4.74 Å². The predicted molar refractivity (Wildman–Crippen MR) is 68.7 cm³/mol. The van der Waals surface area contributed by atoms with E-state index in [1.807, 2.05) is 24.4 Å². The molecule has 0 radical (unpaired) electrons. The number of hydrogen-bond donors (Lipinski definition) is 0. The number of halogens is 2. The van der Waals surface area contributed by atoms with Gasteiger partial charge in [-0.15, -0.1) is 0 Å². The van der Waals surface area contributed by atoms with E-state index in [0.29, 0.717) is 0 Å². The first-order valence-corrected chi connectivity index (χ1v) is 5.87. The lowest BCUT2D eigenvalue weighted by Gasteiger charge is -2.04. The van der Waals surface area contributed by atoms with E-state index in [1.54, 1.807) is 7.11 Å². The van der Waals surface area contributed by atoms with Crippen molar-refractivity contribution in [3.8, 4) is 5.75 Å². The Morgan fingerprint density at radius 3 is 2.93 bits per heavy atom. The summed E-state index contributed by atoms with van der Waals surface area (Å²) in [6.07, 6.45) is 1.84. The molecular formula is C10H7BrINO. The van der Waals surface area contributed by atoms with Gasteiger partial charge in [-0.3, -0.25) is 4.98 Å². The Hall–Kier alpha value is -0.360. The molecule has 72 valence electrons. The van der Waals surface area contributed by atoms with Crippen LogP contribution in [0.4, 0.5) is 0 Å². The van der Waals surface area contributed by atoms with Crippen molar-refractivity contribution >= 4 is 49.4 Å². The number of benzene rings is 1. The highest BCUT2D eigenvalue weighted by Gasteiger charge is 2.04. The van der Waals surface area contributed by atoms with Gasteiger partial charge in [-0.2, -0.15) is 0 Å². The number of hydrogen-bond acceptors (Lipinski definition) is 2. The molecule has 1 aromatic heterocycles. The third-order valence-corrected chi connectivity index (χ3v) is 4.38. The average Bonchev–Trinajstić information content (AvgIpc) is 2.23. The first-order valence-electron chi connectivity index (χ1n) is 4.00. The Bertz CT molecular complexity index is 487. The largest absolute Gasteiger partial charge is 0.497 e. The lowest BCUT2D eigenvalue weighted by atomic mass is 10.2. The summed E-state index contributed by atoms with van der Waals surface area (Å²) < 4.78 is 7.34. The molecule has 0 spiro atoms. The van der Waals surface area contributed by atoms with Gasteiger partial charge in [0.05, 0.1) is 12.6 Å². The second-order valence-electron chi connectivity index (χ2n) is 2.80. The van der Waals surface area contributed by atoms with Crippen molar-refractivity contribution in [2.24, 2.45) is 0 Å². The number of rotatable bonds is 1. The predicted octanol–water partition coefficient (Wildman–Crippen LogP) is 3.61. The van der Waals surface area contributed by atoms with E-state index in [2.05, 4.69) is 43.5 Å². The molecule has 0 atom stereocenters. The van der Waals surface area contributed by atoms with E-state index in [-0.39, 0.29) is 0 Å². The summed E-state index contributed by atoms with van der Waals surface area (Å²) in [5, 5.41) is 1.11. The van der Waals surface area contributed by atoms with Crippen LogP contribution in [0.15, 0.2) is 28.9 Å². The van der Waals surface area contributed by atoms with Crippen LogP contribution in [0.2, 0.25) is 0 Å². The Morgan fingerprint density at radius 2 is 2.21 bits per heavy atom. The summed E-state index contributed by atoms with van der Waals surface area (Å²) in [7, 11) is 1.66. The minimum atomic E-state index is 0.832. The summed E-state index contributed by atoms with van der Waals surface area (Å²) in [6.45, 7) is 0. The molecule has 14 heavy (non-hydrogen) atoms. The Morgan fingerprint density at radius 1 is 1.43 bits per heavy atom. The number of methoxy groups -OCH3 is 1. The topological polar surface area (TPSA) is 22.1 Å². The zero-order valence-corrected chi connectivity index (χ0v) is 11.2. The zero-order chi connectivity index (χ0) is 10.1. The summed E-state index contributed by atoms with van der Waals surface area (Å²) in [4.78, 5) is 4.33. The molecule has 0 unspecified atom stereocenters. The highest BCUT2D eigenvalue weighted by Crippen LogP contribution is 2.29. The van der Waals surface area contributed by atoms with Crippen LogP contribution in [0.25, 0.3) is 10.9 Å². The smallest absolute Gasteiger partial charge is 0.121 e. The summed E-state index contributed by atoms with van der Waals surface area (Å²) >= 11 is 5.79. The molecule has 0 aliphatic rings. The second kappa shape index (κ2) is 4.02. The van der Waals surface area contributed by atoms with E-state index in [9.17, 15) is 0 Å². The van der Waals surface area contributed by atoms with Crippen molar-refractivity contribution in [2.75, 3.05) is 7.11 Å². The van der Waals surface area contributed by atoms with E-state index >= 15 is 0 Å². The van der Waals surface area contributed by atoms with Crippen molar-refractivity contribution in [2.45, 2.75) is 0 Å². The van der Waals surface area contributed by atoms with Crippen LogP contribution < -0.4 is 4.74 Å². The summed E-state index contributed by atoms with van der Waals surface area (Å²) in [5.74, 6) is 0.832. The van der Waals surface area contributed by atoms with Crippen LogP contribution in [-0.2, 0) is 0 Å². The number of ether oxygens (including phenoxy) is 1. The van der Waals surface area contributed by atoms with Crippen molar-refractivity contribution in [3.05, 3.63) is 32.4 Å². The molecule has 0 fully saturated rings. The van der Waals surface area contributed by atoms with Crippen LogP contribution in [-0.4, -0.2) is 12.1 Å². The highest BCUT2D eigenvalue weighted by molar-refractivity contribution is 14.1. The molecule has 1 heterocycles. The van der Waals surface area contributed by atoms with Crippen LogP contribution >= 0.6 is 38.5 Å². The van der Waals surface area contributed by atoms with Gasteiger partial charge in [0.25, 0.3) is 0 Å². The minimum Gasteiger partial charge on any atom is -0.497 e. The first-order chi connectivity index (χ1) is 6.72. The van der Waals surface area contributed by atoms with E-state index in [0.717, 1.165) is 24.7 Å². The maximum Gasteiger partial charge on any atom is 0.121 e. The van der Waals surface area contributed by atoms with Gasteiger partial charge in [0.15, 0.2) is 0 Å². The second-order valence-corrected chi connectivity index (χ2v) is 4.76. The standard InChI is InChI=1S/C10H7BrINO/c1-14-6-2-3-7-9(4-6)13-5-8(12)10(7)11/h2-5H,1H3. The Kier molecular flexibility index (Phi) is 2.92. The van der Waals surface area contributed by atoms with Crippen molar-refractivity contribution in [1.82, 2.24) is 4.98 Å². The van der Waals surface area contributed by atoms with Crippen LogP contribution in [0.5, 0.6) is 5.75 Å². The van der Waals surface area contributed by atoms with Gasteiger partial charge in [-0.25, -0.2) is 0 Å². The third kappa shape index (κ3) is 1.72. The average molecular weight is 364 g/mol. The maximum absolute atomic E-state index is 5.14. The molecule has 0 aliphatic carbocycles. The Labute approximate surface area is 104 Å². The first kappa shape index (κ1) is 10.2. The fourth-order valence-corrected chi connectivity index (χ4v) is 2.11. The highest BCUT2D eigenvalue weighted by atomic mass is 127. The molecule has 0 aliphatic heterocycles. The third-order valence-electron chi connectivity index (χ3n) is 1.97. The van der Waals surface area contributed by atoms with Gasteiger partial charge in [0.2, 0.25) is 0 Å². The van der Waals surface area contributed by atoms with Gasteiger partial charge in [0, 0.05) is 25.7 Å². The van der Waals surface area contributed by atoms with Gasteiger partial charge in [-0.05, 0) is 50.7 Å². The maximum atomic E-state index is 5.14. The van der Waals surface area contributed by atoms with Gasteiger partial charge in [-0.1, -0.05) is 0 Å². The van der Waals surface area contributed by atoms with Crippen LogP contribution in [0.3, 0.4) is 0 Å². The van der Waals surface area contributed by atoms with Crippen LogP contribution in [0.1, 0.15) is 0 Å². The molecule has 2 nitrogen and oxygen atoms in total. The molecule has 0 bridgehead atoms. The fraction of sp³-hybridized carbons (Fsp3) is 0.100. The zero-order valence-electron chi connectivity index (χ0n) is 7.42. The normalized spacial score (nSPS) is 10.5. The quantitative estimate of drug-likeness (QED) is 0.722. The lowest BCUT2D eigenvalue weighted by molar-refractivity contribution is 0.415. The summed E-state index contributed by atoms with van der Waals surface area (Å²) in [6, 6.07) is 5.87. The number of fused-ring (bicyclic) bond motifs is 1. The SMILES string of the molecule is COc1ccc2c(Br)c(I)cnc2c1. The van der Waals surface area contributed by atoms with Gasteiger partial charge in [0.1, 0.15) is 5.75 Å². The van der Waals surface area contributed by atoms with Crippen molar-refractivity contribution < 1.29 is 4.74 Å². The monoisotopic (exact) mass is 363 g/mol. The molecule has 0 N–H and O–H groups in total. The lowest BCUT2D eigenvalue weighted by Crippen LogP contribution is -1.86. The molecule has 0 saturated carbocycles. The summed E-state index contributed by atoms with van der Waals surface area (Å²) in [5.41, 5.74) is 0.941. The molecule has 0 saturated heterocycles. The molecular weight excluding hydrogens is 357 g/mol. The minimum absolute atomic E-state index is 0.832. The molecule has 1 aromatic carbocycles.